The summed E-state index contributed by atoms with van der Waals surface area (Å²) in [5.74, 6) is 1.27. The third-order valence-corrected chi connectivity index (χ3v) is 2.31. The van der Waals surface area contributed by atoms with Crippen molar-refractivity contribution in [1.82, 2.24) is 5.32 Å². The van der Waals surface area contributed by atoms with Crippen LogP contribution in [0.15, 0.2) is 18.2 Å². The Balaban J connectivity index is 0.00000289. The van der Waals surface area contributed by atoms with E-state index in [0.29, 0.717) is 31.0 Å². The molecular weight excluding hydrogens is 256 g/mol. The van der Waals surface area contributed by atoms with Gasteiger partial charge >= 0.3 is 0 Å². The number of ether oxygens (including phenoxy) is 2. The van der Waals surface area contributed by atoms with Gasteiger partial charge in [-0.25, -0.2) is 0 Å². The average Bonchev–Trinajstić information content (AvgIpc) is 2.36. The molecule has 0 aliphatic carbocycles. The lowest BCUT2D eigenvalue weighted by molar-refractivity contribution is -0.121. The Morgan fingerprint density at radius 1 is 1.28 bits per heavy atom. The fraction of sp³-hybridized carbons (Fsp3) is 0.417. The molecule has 0 aliphatic heterocycles. The summed E-state index contributed by atoms with van der Waals surface area (Å²) in [5, 5.41) is 2.77. The molecule has 3 N–H and O–H groups in total. The van der Waals surface area contributed by atoms with Crippen molar-refractivity contribution in [3.05, 3.63) is 23.8 Å². The number of nitrogens with two attached hydrogens (primary N) is 1. The minimum absolute atomic E-state index is 0. The van der Waals surface area contributed by atoms with Crippen LogP contribution in [-0.2, 0) is 11.3 Å². The molecule has 0 aliphatic rings. The third-order valence-electron chi connectivity index (χ3n) is 2.31. The Bertz CT molecular complexity index is 386. The van der Waals surface area contributed by atoms with Gasteiger partial charge in [0.15, 0.2) is 11.5 Å². The van der Waals surface area contributed by atoms with Crippen molar-refractivity contribution in [2.75, 3.05) is 20.8 Å². The Morgan fingerprint density at radius 3 is 2.50 bits per heavy atom. The van der Waals surface area contributed by atoms with E-state index in [1.165, 1.54) is 0 Å². The second kappa shape index (κ2) is 8.60. The topological polar surface area (TPSA) is 73.6 Å². The van der Waals surface area contributed by atoms with Crippen molar-refractivity contribution in [3.8, 4) is 11.5 Å². The lowest BCUT2D eigenvalue weighted by Gasteiger charge is -2.10. The molecule has 0 bridgehead atoms. The molecule has 102 valence electrons. The zero-order chi connectivity index (χ0) is 12.7. The van der Waals surface area contributed by atoms with Gasteiger partial charge in [-0.15, -0.1) is 12.4 Å². The van der Waals surface area contributed by atoms with Gasteiger partial charge in [-0.1, -0.05) is 6.07 Å². The predicted molar refractivity (Wildman–Crippen MR) is 72.3 cm³/mol. The molecule has 0 aromatic heterocycles. The number of rotatable bonds is 6. The van der Waals surface area contributed by atoms with Gasteiger partial charge in [0.25, 0.3) is 0 Å². The summed E-state index contributed by atoms with van der Waals surface area (Å²) in [7, 11) is 3.16. The summed E-state index contributed by atoms with van der Waals surface area (Å²) in [6, 6.07) is 5.52. The number of hydrogen-bond acceptors (Lipinski definition) is 4. The lowest BCUT2D eigenvalue weighted by Crippen LogP contribution is -2.24. The third kappa shape index (κ3) is 4.81. The minimum Gasteiger partial charge on any atom is -0.493 e. The molecule has 5 nitrogen and oxygen atoms in total. The van der Waals surface area contributed by atoms with Gasteiger partial charge in [0, 0.05) is 19.5 Å². The van der Waals surface area contributed by atoms with Gasteiger partial charge in [0.2, 0.25) is 5.91 Å². The summed E-state index contributed by atoms with van der Waals surface area (Å²) >= 11 is 0. The first-order chi connectivity index (χ1) is 8.21. The van der Waals surface area contributed by atoms with Gasteiger partial charge in [0.1, 0.15) is 0 Å². The van der Waals surface area contributed by atoms with Crippen LogP contribution in [0.2, 0.25) is 0 Å². The maximum absolute atomic E-state index is 11.2. The van der Waals surface area contributed by atoms with E-state index in [4.69, 9.17) is 15.2 Å². The zero-order valence-corrected chi connectivity index (χ0v) is 11.4. The molecular formula is C12H19ClN2O3. The Hall–Kier alpha value is -1.46. The van der Waals surface area contributed by atoms with Gasteiger partial charge in [-0.2, -0.15) is 0 Å². The van der Waals surface area contributed by atoms with Crippen molar-refractivity contribution in [3.63, 3.8) is 0 Å². The number of hydrogen-bond donors (Lipinski definition) is 2. The van der Waals surface area contributed by atoms with E-state index >= 15 is 0 Å². The molecule has 0 saturated heterocycles. The van der Waals surface area contributed by atoms with E-state index in [9.17, 15) is 4.79 Å². The summed E-state index contributed by atoms with van der Waals surface area (Å²) in [6.07, 6.45) is 0.341. The molecule has 0 radical (unpaired) electrons. The van der Waals surface area contributed by atoms with Crippen molar-refractivity contribution < 1.29 is 14.3 Å². The molecule has 6 heteroatoms. The van der Waals surface area contributed by atoms with Crippen LogP contribution in [0.25, 0.3) is 0 Å². The first-order valence-electron chi connectivity index (χ1n) is 5.39. The standard InChI is InChI=1S/C12H18N2O3.ClH/c1-16-10-4-3-9(7-11(10)17-2)8-14-12(15)5-6-13;/h3-4,7H,5-6,8,13H2,1-2H3,(H,14,15);1H. The number of nitrogens with one attached hydrogen (secondary N) is 1. The molecule has 0 spiro atoms. The highest BCUT2D eigenvalue weighted by Crippen LogP contribution is 2.27. The van der Waals surface area contributed by atoms with Crippen LogP contribution in [0.5, 0.6) is 11.5 Å². The van der Waals surface area contributed by atoms with Crippen molar-refractivity contribution in [2.45, 2.75) is 13.0 Å². The number of carbonyl (C=O) groups excluding carboxylic acids is 1. The molecule has 0 heterocycles. The summed E-state index contributed by atoms with van der Waals surface area (Å²) in [5.41, 5.74) is 6.24. The number of methoxy groups -OCH3 is 2. The van der Waals surface area contributed by atoms with Gasteiger partial charge < -0.3 is 20.5 Å². The molecule has 1 aromatic carbocycles. The summed E-state index contributed by atoms with van der Waals surface area (Å²) in [4.78, 5) is 11.2. The van der Waals surface area contributed by atoms with E-state index in [1.54, 1.807) is 14.2 Å². The Kier molecular flexibility index (Phi) is 7.91. The van der Waals surface area contributed by atoms with E-state index in [1.807, 2.05) is 18.2 Å². The maximum Gasteiger partial charge on any atom is 0.221 e. The Morgan fingerprint density at radius 2 is 1.94 bits per heavy atom. The second-order valence-electron chi connectivity index (χ2n) is 3.50. The van der Waals surface area contributed by atoms with Crippen LogP contribution in [0.4, 0.5) is 0 Å². The van der Waals surface area contributed by atoms with E-state index in [2.05, 4.69) is 5.32 Å². The van der Waals surface area contributed by atoms with Crippen molar-refractivity contribution in [2.24, 2.45) is 5.73 Å². The quantitative estimate of drug-likeness (QED) is 0.814. The minimum atomic E-state index is -0.0534. The maximum atomic E-state index is 11.2. The van der Waals surface area contributed by atoms with E-state index < -0.39 is 0 Å². The molecule has 1 rings (SSSR count). The molecule has 0 unspecified atom stereocenters. The lowest BCUT2D eigenvalue weighted by atomic mass is 10.2. The molecule has 0 atom stereocenters. The van der Waals surface area contributed by atoms with Crippen molar-refractivity contribution in [1.29, 1.82) is 0 Å². The van der Waals surface area contributed by atoms with Crippen LogP contribution in [0, 0.1) is 0 Å². The van der Waals surface area contributed by atoms with Crippen LogP contribution in [0.3, 0.4) is 0 Å². The SMILES string of the molecule is COc1ccc(CNC(=O)CCN)cc1OC.Cl. The highest BCUT2D eigenvalue weighted by atomic mass is 35.5. The predicted octanol–water partition coefficient (Wildman–Crippen LogP) is 1.09. The fourth-order valence-electron chi connectivity index (χ4n) is 1.41. The van der Waals surface area contributed by atoms with Crippen LogP contribution < -0.4 is 20.5 Å². The van der Waals surface area contributed by atoms with Gasteiger partial charge in [-0.3, -0.25) is 4.79 Å². The molecule has 1 aromatic rings. The van der Waals surface area contributed by atoms with Crippen LogP contribution >= 0.6 is 12.4 Å². The number of benzene rings is 1. The van der Waals surface area contributed by atoms with Crippen LogP contribution in [-0.4, -0.2) is 26.7 Å². The van der Waals surface area contributed by atoms with Gasteiger partial charge in [-0.05, 0) is 17.7 Å². The normalized spacial score (nSPS) is 9.28. The molecule has 0 saturated carbocycles. The molecule has 1 amide bonds. The second-order valence-corrected chi connectivity index (χ2v) is 3.50. The number of amides is 1. The van der Waals surface area contributed by atoms with Crippen LogP contribution in [0.1, 0.15) is 12.0 Å². The first kappa shape index (κ1) is 16.5. The number of carbonyl (C=O) groups is 1. The largest absolute Gasteiger partial charge is 0.493 e. The zero-order valence-electron chi connectivity index (χ0n) is 10.6. The number of halogens is 1. The highest BCUT2D eigenvalue weighted by Gasteiger charge is 2.05. The van der Waals surface area contributed by atoms with Crippen molar-refractivity contribution >= 4 is 18.3 Å². The fourth-order valence-corrected chi connectivity index (χ4v) is 1.41. The summed E-state index contributed by atoms with van der Waals surface area (Å²) < 4.78 is 10.3. The molecule has 0 fully saturated rings. The highest BCUT2D eigenvalue weighted by molar-refractivity contribution is 5.85. The van der Waals surface area contributed by atoms with E-state index in [0.717, 1.165) is 5.56 Å². The Labute approximate surface area is 113 Å². The first-order valence-corrected chi connectivity index (χ1v) is 5.39. The van der Waals surface area contributed by atoms with Gasteiger partial charge in [0.05, 0.1) is 14.2 Å². The smallest absolute Gasteiger partial charge is 0.221 e. The summed E-state index contributed by atoms with van der Waals surface area (Å²) in [6.45, 7) is 0.816. The van der Waals surface area contributed by atoms with E-state index in [-0.39, 0.29) is 18.3 Å². The monoisotopic (exact) mass is 274 g/mol. The molecule has 18 heavy (non-hydrogen) atoms. The average molecular weight is 275 g/mol.